The SMILES string of the molecule is CCCC(=O)O[C@H](COC(=O)CC)CO[P@@](=O)(O)OC[C@H](N)C(=O)O. The summed E-state index contributed by atoms with van der Waals surface area (Å²) in [6, 6.07) is -1.51. The van der Waals surface area contributed by atoms with E-state index in [4.69, 9.17) is 20.3 Å². The Hall–Kier alpha value is -1.52. The van der Waals surface area contributed by atoms with Gasteiger partial charge in [0, 0.05) is 12.8 Å². The van der Waals surface area contributed by atoms with Gasteiger partial charge >= 0.3 is 25.7 Å². The van der Waals surface area contributed by atoms with Crippen LogP contribution in [-0.4, -0.2) is 59.9 Å². The van der Waals surface area contributed by atoms with Gasteiger partial charge in [0.1, 0.15) is 12.6 Å². The number of carbonyl (C=O) groups excluding carboxylic acids is 2. The monoisotopic (exact) mass is 385 g/mol. The molecule has 3 atom stereocenters. The van der Waals surface area contributed by atoms with Crippen LogP contribution in [-0.2, 0) is 37.5 Å². The Bertz CT molecular complexity index is 497. The molecule has 0 aromatic carbocycles. The predicted octanol–water partition coefficient (Wildman–Crippen LogP) is 0.197. The quantitative estimate of drug-likeness (QED) is 0.292. The van der Waals surface area contributed by atoms with E-state index in [1.807, 2.05) is 0 Å². The number of carboxylic acid groups (broad SMARTS) is 1. The van der Waals surface area contributed by atoms with E-state index >= 15 is 0 Å². The van der Waals surface area contributed by atoms with Crippen molar-refractivity contribution >= 4 is 25.7 Å². The summed E-state index contributed by atoms with van der Waals surface area (Å²) in [5.41, 5.74) is 5.14. The number of hydrogen-bond acceptors (Lipinski definition) is 9. The molecule has 146 valence electrons. The predicted molar refractivity (Wildman–Crippen MR) is 83.4 cm³/mol. The van der Waals surface area contributed by atoms with Gasteiger partial charge in [-0.05, 0) is 6.42 Å². The van der Waals surface area contributed by atoms with Gasteiger partial charge < -0.3 is 25.2 Å². The fraction of sp³-hybridized carbons (Fsp3) is 0.769. The number of phosphoric acid groups is 1. The minimum atomic E-state index is -4.63. The Morgan fingerprint density at radius 1 is 1.08 bits per heavy atom. The van der Waals surface area contributed by atoms with Crippen LogP contribution < -0.4 is 5.73 Å². The van der Waals surface area contributed by atoms with Crippen LogP contribution in [0, 0.1) is 0 Å². The molecule has 0 aliphatic carbocycles. The van der Waals surface area contributed by atoms with Gasteiger partial charge in [0.25, 0.3) is 0 Å². The van der Waals surface area contributed by atoms with Gasteiger partial charge in [-0.2, -0.15) is 0 Å². The molecule has 0 radical (unpaired) electrons. The number of nitrogens with two attached hydrogens (primary N) is 1. The smallest absolute Gasteiger partial charge is 0.472 e. The molecule has 0 amide bonds. The first-order valence-electron chi connectivity index (χ1n) is 7.56. The van der Waals surface area contributed by atoms with E-state index in [0.717, 1.165) is 0 Å². The van der Waals surface area contributed by atoms with Gasteiger partial charge in [0.15, 0.2) is 6.10 Å². The maximum Gasteiger partial charge on any atom is 0.472 e. The van der Waals surface area contributed by atoms with Crippen LogP contribution >= 0.6 is 7.82 Å². The van der Waals surface area contributed by atoms with E-state index in [0.29, 0.717) is 6.42 Å². The summed E-state index contributed by atoms with van der Waals surface area (Å²) in [4.78, 5) is 42.7. The molecule has 0 fully saturated rings. The molecule has 0 unspecified atom stereocenters. The highest BCUT2D eigenvalue weighted by molar-refractivity contribution is 7.47. The Morgan fingerprint density at radius 2 is 1.68 bits per heavy atom. The molecule has 11 nitrogen and oxygen atoms in total. The number of hydrogen-bond donors (Lipinski definition) is 3. The number of ether oxygens (including phenoxy) is 2. The molecule has 0 aliphatic rings. The van der Waals surface area contributed by atoms with E-state index in [1.165, 1.54) is 0 Å². The molecule has 0 spiro atoms. The molecule has 0 saturated carbocycles. The number of carbonyl (C=O) groups is 3. The molecule has 12 heteroatoms. The Balaban J connectivity index is 4.59. The Labute approximate surface area is 145 Å². The average Bonchev–Trinajstić information content (AvgIpc) is 2.54. The number of aliphatic carboxylic acids is 1. The molecule has 0 bridgehead atoms. The highest BCUT2D eigenvalue weighted by atomic mass is 31.2. The second kappa shape index (κ2) is 11.9. The third kappa shape index (κ3) is 11.6. The van der Waals surface area contributed by atoms with Crippen LogP contribution in [0.15, 0.2) is 0 Å². The highest BCUT2D eigenvalue weighted by Gasteiger charge is 2.27. The summed E-state index contributed by atoms with van der Waals surface area (Å²) < 4.78 is 30.6. The van der Waals surface area contributed by atoms with Gasteiger partial charge in [-0.15, -0.1) is 0 Å². The molecule has 0 aromatic rings. The van der Waals surface area contributed by atoms with E-state index in [1.54, 1.807) is 13.8 Å². The second-order valence-electron chi connectivity index (χ2n) is 4.90. The van der Waals surface area contributed by atoms with Crippen LogP contribution in [0.2, 0.25) is 0 Å². The van der Waals surface area contributed by atoms with Crippen LogP contribution in [0.5, 0.6) is 0 Å². The average molecular weight is 385 g/mol. The summed E-state index contributed by atoms with van der Waals surface area (Å²) in [7, 11) is -4.63. The third-order valence-electron chi connectivity index (χ3n) is 2.63. The normalized spacial score (nSPS) is 15.7. The first-order chi connectivity index (χ1) is 11.6. The number of carboxylic acids is 1. The van der Waals surface area contributed by atoms with Crippen LogP contribution in [0.3, 0.4) is 0 Å². The van der Waals surface area contributed by atoms with Crippen molar-refractivity contribution in [2.75, 3.05) is 19.8 Å². The number of phosphoric ester groups is 1. The Morgan fingerprint density at radius 3 is 2.20 bits per heavy atom. The lowest BCUT2D eigenvalue weighted by molar-refractivity contribution is -0.161. The topological polar surface area (TPSA) is 172 Å². The zero-order valence-electron chi connectivity index (χ0n) is 14.1. The molecule has 25 heavy (non-hydrogen) atoms. The summed E-state index contributed by atoms with van der Waals surface area (Å²) in [6.45, 7) is 1.61. The van der Waals surface area contributed by atoms with E-state index < -0.39 is 51.1 Å². The molecule has 0 aromatic heterocycles. The fourth-order valence-corrected chi connectivity index (χ4v) is 2.09. The van der Waals surface area contributed by atoms with E-state index in [2.05, 4.69) is 9.05 Å². The van der Waals surface area contributed by atoms with E-state index in [-0.39, 0.29) is 19.4 Å². The van der Waals surface area contributed by atoms with Gasteiger partial charge in [0.05, 0.1) is 13.2 Å². The van der Waals surface area contributed by atoms with Gasteiger partial charge in [-0.25, -0.2) is 4.57 Å². The van der Waals surface area contributed by atoms with Crippen molar-refractivity contribution in [3.05, 3.63) is 0 Å². The fourth-order valence-electron chi connectivity index (χ4n) is 1.31. The van der Waals surface area contributed by atoms with Gasteiger partial charge in [-0.3, -0.25) is 23.4 Å². The first-order valence-corrected chi connectivity index (χ1v) is 9.06. The van der Waals surface area contributed by atoms with Crippen molar-refractivity contribution in [1.29, 1.82) is 0 Å². The minimum Gasteiger partial charge on any atom is -0.480 e. The summed E-state index contributed by atoms with van der Waals surface area (Å²) in [5, 5.41) is 8.57. The molecule has 0 rings (SSSR count). The van der Waals surface area contributed by atoms with Crippen molar-refractivity contribution in [1.82, 2.24) is 0 Å². The zero-order chi connectivity index (χ0) is 19.5. The van der Waals surface area contributed by atoms with Crippen molar-refractivity contribution in [2.45, 2.75) is 45.3 Å². The lowest BCUT2D eigenvalue weighted by Crippen LogP contribution is -2.34. The van der Waals surface area contributed by atoms with Gasteiger partial charge in [0.2, 0.25) is 0 Å². The van der Waals surface area contributed by atoms with Crippen LogP contribution in [0.25, 0.3) is 0 Å². The summed E-state index contributed by atoms with van der Waals surface area (Å²) in [6.07, 6.45) is -0.383. The molecule has 0 aliphatic heterocycles. The number of rotatable bonds is 13. The molecule has 4 N–H and O–H groups in total. The van der Waals surface area contributed by atoms with E-state index in [9.17, 15) is 23.8 Å². The third-order valence-corrected chi connectivity index (χ3v) is 3.58. The highest BCUT2D eigenvalue weighted by Crippen LogP contribution is 2.43. The maximum absolute atomic E-state index is 11.7. The zero-order valence-corrected chi connectivity index (χ0v) is 15.0. The molecular formula is C13H24NO10P. The minimum absolute atomic E-state index is 0.102. The summed E-state index contributed by atoms with van der Waals surface area (Å²) >= 11 is 0. The summed E-state index contributed by atoms with van der Waals surface area (Å²) in [5.74, 6) is -2.56. The lowest BCUT2D eigenvalue weighted by Gasteiger charge is -2.20. The number of esters is 2. The van der Waals surface area contributed by atoms with Crippen LogP contribution in [0.4, 0.5) is 0 Å². The standard InChI is InChI=1S/C13H24NO10P/c1-3-5-12(16)24-9(6-21-11(15)4-2)7-22-25(19,20)23-8-10(14)13(17)18/h9-10H,3-8,14H2,1-2H3,(H,17,18)(H,19,20)/t9-,10+/m1/s1. The first kappa shape index (κ1) is 23.5. The van der Waals surface area contributed by atoms with Crippen molar-refractivity contribution < 1.29 is 47.5 Å². The van der Waals surface area contributed by atoms with Crippen molar-refractivity contribution in [3.8, 4) is 0 Å². The molecule has 0 heterocycles. The second-order valence-corrected chi connectivity index (χ2v) is 6.36. The maximum atomic E-state index is 11.7. The largest absolute Gasteiger partial charge is 0.480 e. The van der Waals surface area contributed by atoms with Crippen molar-refractivity contribution in [2.24, 2.45) is 5.73 Å². The van der Waals surface area contributed by atoms with Crippen molar-refractivity contribution in [3.63, 3.8) is 0 Å². The molecular weight excluding hydrogens is 361 g/mol. The Kier molecular flexibility index (Phi) is 11.2. The lowest BCUT2D eigenvalue weighted by atomic mass is 10.3. The molecule has 0 saturated heterocycles. The van der Waals surface area contributed by atoms with Crippen LogP contribution in [0.1, 0.15) is 33.1 Å². The van der Waals surface area contributed by atoms with Gasteiger partial charge in [-0.1, -0.05) is 13.8 Å².